The average molecular weight is 350 g/mol. The van der Waals surface area contributed by atoms with Gasteiger partial charge in [-0.25, -0.2) is 0 Å². The van der Waals surface area contributed by atoms with Gasteiger partial charge >= 0.3 is 0 Å². The van der Waals surface area contributed by atoms with E-state index in [0.717, 1.165) is 0 Å². The smallest absolute Gasteiger partial charge is 0.109 e. The van der Waals surface area contributed by atoms with E-state index in [4.69, 9.17) is 5.53 Å². The molecule has 0 aromatic rings. The molecule has 0 amide bonds. The molecule has 0 aliphatic carbocycles. The zero-order valence-corrected chi connectivity index (χ0v) is 11.5. The summed E-state index contributed by atoms with van der Waals surface area (Å²) in [5, 5.41) is 45.4. The van der Waals surface area contributed by atoms with E-state index in [2.05, 4.69) is 93.3 Å². The normalized spacial score (nSPS) is 10.9. The second-order valence-corrected chi connectivity index (χ2v) is 7.13. The van der Waals surface area contributed by atoms with Crippen LogP contribution >= 0.6 is 25.4 Å². The third-order valence-electron chi connectivity index (χ3n) is 0.490. The molecule has 2 unspecified atom stereocenters. The molecule has 114 valence electrons. The van der Waals surface area contributed by atoms with Gasteiger partial charge in [0, 0.05) is 30.2 Å². The third-order valence-corrected chi connectivity index (χ3v) is 1.24. The van der Waals surface area contributed by atoms with Crippen LogP contribution in [0.15, 0.2) is 5.28 Å². The second kappa shape index (κ2) is 16.2. The molecule has 16 nitrogen and oxygen atoms in total. The predicted molar refractivity (Wildman–Crippen MR) is 46.7 cm³/mol. The van der Waals surface area contributed by atoms with Gasteiger partial charge in [0.2, 0.25) is 0 Å². The van der Waals surface area contributed by atoms with Crippen molar-refractivity contribution in [2.24, 2.45) is 5.28 Å². The fraction of sp³-hybridized carbons (Fsp3) is 0. The Bertz CT molecular complexity index is 190. The van der Waals surface area contributed by atoms with Crippen LogP contribution < -0.4 is 0 Å². The van der Waals surface area contributed by atoms with Crippen LogP contribution in [0.2, 0.25) is 0 Å². The first-order chi connectivity index (χ1) is 9.27. The van der Waals surface area contributed by atoms with E-state index in [-0.39, 0.29) is 0 Å². The molecular weight excluding hydrogens is 345 g/mol. The van der Waals surface area contributed by atoms with Gasteiger partial charge in [0.15, 0.2) is 0 Å². The molecule has 0 heterocycles. The quantitative estimate of drug-likeness (QED) is 0.146. The van der Waals surface area contributed by atoms with Crippen LogP contribution in [-0.4, -0.2) is 0 Å². The highest BCUT2D eigenvalue weighted by atomic mass is 32.4. The summed E-state index contributed by atoms with van der Waals surface area (Å²) in [5.41, 5.74) is 6.03. The van der Waals surface area contributed by atoms with Crippen LogP contribution in [0.1, 0.15) is 0 Å². The van der Waals surface area contributed by atoms with Crippen LogP contribution in [0.4, 0.5) is 0 Å². The fourth-order valence-electron chi connectivity index (χ4n) is 0.189. The predicted octanol–water partition coefficient (Wildman–Crippen LogP) is 1.04. The molecule has 0 rings (SSSR count). The Balaban J connectivity index is 2.93. The first-order valence-corrected chi connectivity index (χ1v) is 7.77. The second-order valence-electron chi connectivity index (χ2n) is 1.42. The van der Waals surface area contributed by atoms with Crippen molar-refractivity contribution in [3.8, 4) is 0 Å². The van der Waals surface area contributed by atoms with Crippen LogP contribution in [-0.2, 0) is 70.1 Å². The minimum absolute atomic E-state index is 0.985. The standard InChI is InChI=1S/H5N2O14P3/c1-2-3-4-5-6-7-8-9-10-11-12-13-14-15-16-19(17)18/h1H,17-18H2. The lowest BCUT2D eigenvalue weighted by Gasteiger charge is -2.01. The van der Waals surface area contributed by atoms with Gasteiger partial charge in [0.25, 0.3) is 0 Å². The number of nitrogens with one attached hydrogen (secondary N) is 1. The van der Waals surface area contributed by atoms with Crippen LogP contribution in [0.25, 0.3) is 0 Å². The molecule has 0 bridgehead atoms. The summed E-state index contributed by atoms with van der Waals surface area (Å²) < 4.78 is 4.36. The lowest BCUT2D eigenvalue weighted by Crippen LogP contribution is -2.03. The Hall–Kier alpha value is 0.170. The fourth-order valence-corrected chi connectivity index (χ4v) is 0.495. The van der Waals surface area contributed by atoms with Gasteiger partial charge in [-0.2, -0.15) is 15.2 Å². The summed E-state index contributed by atoms with van der Waals surface area (Å²) >= 11 is 0. The lowest BCUT2D eigenvalue weighted by molar-refractivity contribution is -0.874. The van der Waals surface area contributed by atoms with Crippen molar-refractivity contribution in [3.05, 3.63) is 0 Å². The summed E-state index contributed by atoms with van der Waals surface area (Å²) in [6.45, 7) is 0. The van der Waals surface area contributed by atoms with Gasteiger partial charge < -0.3 is 0 Å². The number of rotatable bonds is 15. The molecular formula is H5N2O14P3. The Morgan fingerprint density at radius 2 is 1.00 bits per heavy atom. The summed E-state index contributed by atoms with van der Waals surface area (Å²) in [7, 11) is 3.51. The van der Waals surface area contributed by atoms with Crippen molar-refractivity contribution < 1.29 is 70.1 Å². The Kier molecular flexibility index (Phi) is 16.4. The molecule has 0 aliphatic rings. The molecule has 0 radical (unpaired) electrons. The summed E-state index contributed by atoms with van der Waals surface area (Å²) in [5.74, 6) is 0. The highest BCUT2D eigenvalue weighted by molar-refractivity contribution is 8.41. The highest BCUT2D eigenvalue weighted by Gasteiger charge is 1.99. The lowest BCUT2D eigenvalue weighted by atomic mass is 13.1. The molecule has 0 aliphatic heterocycles. The largest absolute Gasteiger partial charge is 0.174 e. The first kappa shape index (κ1) is 19.2. The van der Waals surface area contributed by atoms with Crippen LogP contribution in [0, 0.1) is 5.53 Å². The van der Waals surface area contributed by atoms with Gasteiger partial charge in [-0.3, -0.25) is 0 Å². The van der Waals surface area contributed by atoms with E-state index in [9.17, 15) is 0 Å². The van der Waals surface area contributed by atoms with Gasteiger partial charge in [0.1, 0.15) is 7.53 Å². The number of nitrogens with zero attached hydrogens (tertiary/aromatic N) is 1. The van der Waals surface area contributed by atoms with Crippen molar-refractivity contribution >= 4 is 25.4 Å². The topological polar surface area (TPSA) is 165 Å². The molecule has 1 N–H and O–H groups in total. The molecule has 0 aromatic heterocycles. The van der Waals surface area contributed by atoms with E-state index in [1.165, 1.54) is 0 Å². The van der Waals surface area contributed by atoms with E-state index < -0.39 is 7.53 Å². The maximum Gasteiger partial charge on any atom is 0.109 e. The number of hydrogen-bond acceptors (Lipinski definition) is 16. The first-order valence-electron chi connectivity index (χ1n) is 3.27. The Morgan fingerprint density at radius 1 is 0.632 bits per heavy atom. The summed E-state index contributed by atoms with van der Waals surface area (Å²) in [4.78, 5) is 3.48. The minimum Gasteiger partial charge on any atom is -0.174 e. The van der Waals surface area contributed by atoms with E-state index in [1.807, 2.05) is 0 Å². The molecule has 0 aromatic carbocycles. The van der Waals surface area contributed by atoms with Crippen molar-refractivity contribution in [3.63, 3.8) is 0 Å². The van der Waals surface area contributed by atoms with Gasteiger partial charge in [-0.15, -0.1) is 0 Å². The SMILES string of the molecule is N=NOOOOOOOOOOOOOOP(P)P. The summed E-state index contributed by atoms with van der Waals surface area (Å²) in [6.07, 6.45) is 0. The molecule has 0 fully saturated rings. The van der Waals surface area contributed by atoms with E-state index >= 15 is 0 Å². The minimum atomic E-state index is -0.985. The van der Waals surface area contributed by atoms with Crippen molar-refractivity contribution in [1.29, 1.82) is 5.53 Å². The molecule has 19 heteroatoms. The van der Waals surface area contributed by atoms with Gasteiger partial charge in [-0.05, 0) is 30.2 Å². The Morgan fingerprint density at radius 3 is 1.37 bits per heavy atom. The molecule has 0 saturated carbocycles. The zero-order chi connectivity index (χ0) is 14.2. The van der Waals surface area contributed by atoms with Crippen molar-refractivity contribution in [2.75, 3.05) is 0 Å². The molecule has 0 spiro atoms. The van der Waals surface area contributed by atoms with E-state index in [0.29, 0.717) is 0 Å². The van der Waals surface area contributed by atoms with Crippen molar-refractivity contribution in [1.82, 2.24) is 0 Å². The van der Waals surface area contributed by atoms with Gasteiger partial charge in [0.05, 0.1) is 5.28 Å². The van der Waals surface area contributed by atoms with Crippen molar-refractivity contribution in [2.45, 2.75) is 0 Å². The Labute approximate surface area is 107 Å². The zero-order valence-electron chi connectivity index (χ0n) is 8.26. The maximum absolute atomic E-state index is 6.03. The summed E-state index contributed by atoms with van der Waals surface area (Å²) in [6, 6.07) is 0. The molecule has 0 saturated heterocycles. The van der Waals surface area contributed by atoms with E-state index in [1.54, 1.807) is 0 Å². The maximum atomic E-state index is 6.03. The third kappa shape index (κ3) is 18.2. The van der Waals surface area contributed by atoms with Crippen LogP contribution in [0.5, 0.6) is 0 Å². The number of hydrogen-bond donors (Lipinski definition) is 1. The molecule has 19 heavy (non-hydrogen) atoms. The monoisotopic (exact) mass is 350 g/mol. The molecule has 2 atom stereocenters. The van der Waals surface area contributed by atoms with Gasteiger partial charge in [-0.1, -0.05) is 17.9 Å². The highest BCUT2D eigenvalue weighted by Crippen LogP contribution is 2.53. The average Bonchev–Trinajstić information content (AvgIpc) is 2.39. The van der Waals surface area contributed by atoms with Crippen LogP contribution in [0.3, 0.4) is 0 Å².